The molecule has 0 unspecified atom stereocenters. The SMILES string of the molecule is Oc1ccc2cccnc2c1.[Al]. The fraction of sp³-hybridized carbons (Fsp3) is 0. The van der Waals surface area contributed by atoms with Gasteiger partial charge in [-0.1, -0.05) is 6.07 Å². The van der Waals surface area contributed by atoms with Gasteiger partial charge in [0.05, 0.1) is 5.52 Å². The molecule has 57 valence electrons. The minimum atomic E-state index is 0. The number of phenols is 1. The Kier molecular flexibility index (Phi) is 2.70. The van der Waals surface area contributed by atoms with E-state index in [1.165, 1.54) is 0 Å². The highest BCUT2D eigenvalue weighted by Crippen LogP contribution is 2.16. The number of nitrogens with zero attached hydrogens (tertiary/aromatic N) is 1. The standard InChI is InChI=1S/C9H7NO.Al/c11-8-4-3-7-2-1-5-10-9(7)6-8;/h1-6,11H;. The van der Waals surface area contributed by atoms with E-state index in [1.54, 1.807) is 18.3 Å². The van der Waals surface area contributed by atoms with E-state index in [1.807, 2.05) is 18.2 Å². The van der Waals surface area contributed by atoms with E-state index >= 15 is 0 Å². The van der Waals surface area contributed by atoms with Crippen LogP contribution in [0.3, 0.4) is 0 Å². The lowest BCUT2D eigenvalue weighted by atomic mass is 10.2. The fourth-order valence-electron chi connectivity index (χ4n) is 1.05. The number of aromatic hydroxyl groups is 1. The largest absolute Gasteiger partial charge is 0.508 e. The number of aromatic nitrogens is 1. The van der Waals surface area contributed by atoms with Gasteiger partial charge in [0.25, 0.3) is 0 Å². The van der Waals surface area contributed by atoms with Crippen molar-refractivity contribution in [3.05, 3.63) is 36.5 Å². The summed E-state index contributed by atoms with van der Waals surface area (Å²) in [6, 6.07) is 8.98. The van der Waals surface area contributed by atoms with Crippen LogP contribution in [-0.4, -0.2) is 27.5 Å². The third kappa shape index (κ3) is 1.58. The summed E-state index contributed by atoms with van der Waals surface area (Å²) in [5.74, 6) is 0.260. The second kappa shape index (κ2) is 3.57. The summed E-state index contributed by atoms with van der Waals surface area (Å²) in [6.45, 7) is 0. The Morgan fingerprint density at radius 1 is 1.17 bits per heavy atom. The number of phenolic OH excluding ortho intramolecular Hbond substituents is 1. The first-order chi connectivity index (χ1) is 5.36. The van der Waals surface area contributed by atoms with Gasteiger partial charge in [-0.2, -0.15) is 0 Å². The topological polar surface area (TPSA) is 33.1 Å². The smallest absolute Gasteiger partial charge is 0.117 e. The molecular formula is C9H7AlNO. The molecule has 0 amide bonds. The second-order valence-corrected chi connectivity index (χ2v) is 2.38. The van der Waals surface area contributed by atoms with Crippen molar-refractivity contribution >= 4 is 28.3 Å². The van der Waals surface area contributed by atoms with Crippen LogP contribution >= 0.6 is 0 Å². The average Bonchev–Trinajstić information content (AvgIpc) is 2.04. The molecule has 0 aliphatic carbocycles. The zero-order chi connectivity index (χ0) is 7.68. The summed E-state index contributed by atoms with van der Waals surface area (Å²) < 4.78 is 0. The Morgan fingerprint density at radius 2 is 2.00 bits per heavy atom. The van der Waals surface area contributed by atoms with Crippen LogP contribution in [0.25, 0.3) is 10.9 Å². The van der Waals surface area contributed by atoms with Crippen LogP contribution in [0.1, 0.15) is 0 Å². The van der Waals surface area contributed by atoms with Crippen LogP contribution in [0.2, 0.25) is 0 Å². The first-order valence-corrected chi connectivity index (χ1v) is 3.40. The molecule has 1 heterocycles. The Bertz CT molecular complexity index is 389. The molecule has 0 spiro atoms. The number of fused-ring (bicyclic) bond motifs is 1. The minimum absolute atomic E-state index is 0. The normalized spacial score (nSPS) is 9.33. The van der Waals surface area contributed by atoms with E-state index in [2.05, 4.69) is 4.98 Å². The molecule has 3 heteroatoms. The average molecular weight is 172 g/mol. The molecule has 1 N–H and O–H groups in total. The zero-order valence-corrected chi connectivity index (χ0v) is 7.59. The third-order valence-corrected chi connectivity index (χ3v) is 1.59. The number of hydrogen-bond acceptors (Lipinski definition) is 2. The monoisotopic (exact) mass is 172 g/mol. The fourth-order valence-corrected chi connectivity index (χ4v) is 1.05. The highest BCUT2D eigenvalue weighted by molar-refractivity contribution is 5.79. The van der Waals surface area contributed by atoms with E-state index in [0.717, 1.165) is 10.9 Å². The van der Waals surface area contributed by atoms with Crippen LogP contribution in [0.15, 0.2) is 36.5 Å². The summed E-state index contributed by atoms with van der Waals surface area (Å²) in [4.78, 5) is 4.08. The molecule has 0 aliphatic rings. The van der Waals surface area contributed by atoms with Crippen molar-refractivity contribution in [2.24, 2.45) is 0 Å². The van der Waals surface area contributed by atoms with Gasteiger partial charge >= 0.3 is 0 Å². The van der Waals surface area contributed by atoms with Gasteiger partial charge < -0.3 is 5.11 Å². The van der Waals surface area contributed by atoms with Crippen LogP contribution in [-0.2, 0) is 0 Å². The van der Waals surface area contributed by atoms with Gasteiger partial charge in [0.2, 0.25) is 0 Å². The third-order valence-electron chi connectivity index (χ3n) is 1.59. The maximum Gasteiger partial charge on any atom is 0.117 e. The van der Waals surface area contributed by atoms with Gasteiger partial charge in [-0.3, -0.25) is 4.98 Å². The van der Waals surface area contributed by atoms with E-state index in [4.69, 9.17) is 5.11 Å². The quantitative estimate of drug-likeness (QED) is 0.611. The van der Waals surface area contributed by atoms with Crippen molar-refractivity contribution in [1.82, 2.24) is 4.98 Å². The number of benzene rings is 1. The van der Waals surface area contributed by atoms with E-state index in [-0.39, 0.29) is 23.1 Å². The first kappa shape index (κ1) is 9.05. The van der Waals surface area contributed by atoms with E-state index in [9.17, 15) is 0 Å². The van der Waals surface area contributed by atoms with Gasteiger partial charge in [-0.15, -0.1) is 0 Å². The Morgan fingerprint density at radius 3 is 2.83 bits per heavy atom. The maximum atomic E-state index is 9.09. The molecule has 0 saturated heterocycles. The predicted octanol–water partition coefficient (Wildman–Crippen LogP) is 1.56. The van der Waals surface area contributed by atoms with E-state index < -0.39 is 0 Å². The van der Waals surface area contributed by atoms with Crippen molar-refractivity contribution in [3.63, 3.8) is 0 Å². The molecule has 0 aliphatic heterocycles. The molecule has 0 atom stereocenters. The molecule has 0 fully saturated rings. The molecule has 0 bridgehead atoms. The van der Waals surface area contributed by atoms with Crippen molar-refractivity contribution < 1.29 is 5.11 Å². The first-order valence-electron chi connectivity index (χ1n) is 3.40. The summed E-state index contributed by atoms with van der Waals surface area (Å²) >= 11 is 0. The molecule has 2 aromatic rings. The predicted molar refractivity (Wildman–Crippen MR) is 49.2 cm³/mol. The van der Waals surface area contributed by atoms with Gasteiger partial charge in [0.1, 0.15) is 5.75 Å². The zero-order valence-electron chi connectivity index (χ0n) is 6.44. The van der Waals surface area contributed by atoms with Gasteiger partial charge in [-0.05, 0) is 18.2 Å². The van der Waals surface area contributed by atoms with Crippen molar-refractivity contribution in [1.29, 1.82) is 0 Å². The lowest BCUT2D eigenvalue weighted by Crippen LogP contribution is -1.75. The lowest BCUT2D eigenvalue weighted by Gasteiger charge is -1.95. The highest BCUT2D eigenvalue weighted by atomic mass is 27.0. The maximum absolute atomic E-state index is 9.09. The van der Waals surface area contributed by atoms with Crippen molar-refractivity contribution in [3.8, 4) is 5.75 Å². The molecular weight excluding hydrogens is 165 g/mol. The Hall–Kier alpha value is -1.04. The Balaban J connectivity index is 0.000000720. The van der Waals surface area contributed by atoms with Crippen LogP contribution < -0.4 is 0 Å². The number of pyridine rings is 1. The summed E-state index contributed by atoms with van der Waals surface area (Å²) in [6.07, 6.45) is 1.71. The second-order valence-electron chi connectivity index (χ2n) is 2.38. The number of rotatable bonds is 0. The number of hydrogen-bond donors (Lipinski definition) is 1. The molecule has 12 heavy (non-hydrogen) atoms. The van der Waals surface area contributed by atoms with Crippen LogP contribution in [0.5, 0.6) is 5.75 Å². The lowest BCUT2D eigenvalue weighted by molar-refractivity contribution is 0.476. The summed E-state index contributed by atoms with van der Waals surface area (Å²) in [7, 11) is 0. The van der Waals surface area contributed by atoms with Gasteiger partial charge in [-0.25, -0.2) is 0 Å². The molecule has 1 aromatic heterocycles. The van der Waals surface area contributed by atoms with Crippen molar-refractivity contribution in [2.75, 3.05) is 0 Å². The molecule has 3 radical (unpaired) electrons. The summed E-state index contributed by atoms with van der Waals surface area (Å²) in [5.41, 5.74) is 0.826. The molecule has 2 rings (SSSR count). The van der Waals surface area contributed by atoms with Crippen LogP contribution in [0.4, 0.5) is 0 Å². The van der Waals surface area contributed by atoms with Gasteiger partial charge in [0, 0.05) is 35.0 Å². The molecule has 2 nitrogen and oxygen atoms in total. The van der Waals surface area contributed by atoms with Crippen LogP contribution in [0, 0.1) is 0 Å². The minimum Gasteiger partial charge on any atom is -0.508 e. The highest BCUT2D eigenvalue weighted by Gasteiger charge is 1.92. The van der Waals surface area contributed by atoms with Crippen molar-refractivity contribution in [2.45, 2.75) is 0 Å². The van der Waals surface area contributed by atoms with E-state index in [0.29, 0.717) is 0 Å². The van der Waals surface area contributed by atoms with Gasteiger partial charge in [0.15, 0.2) is 0 Å². The molecule has 0 saturated carbocycles. The molecule has 1 aromatic carbocycles. The Labute approximate surface area is 81.0 Å². The summed E-state index contributed by atoms with van der Waals surface area (Å²) in [5, 5.41) is 10.1.